The number of hydrogen-bond donors (Lipinski definition) is 2. The van der Waals surface area contributed by atoms with Crippen molar-refractivity contribution in [3.05, 3.63) is 45.9 Å². The zero-order chi connectivity index (χ0) is 18.1. The number of benzene rings is 1. The van der Waals surface area contributed by atoms with E-state index in [0.29, 0.717) is 31.4 Å². The molecule has 0 radical (unpaired) electrons. The highest BCUT2D eigenvalue weighted by Crippen LogP contribution is 2.15. The van der Waals surface area contributed by atoms with Crippen LogP contribution in [-0.2, 0) is 6.42 Å². The van der Waals surface area contributed by atoms with E-state index in [1.54, 1.807) is 11.3 Å². The molecule has 0 unspecified atom stereocenters. The first-order valence-electron chi connectivity index (χ1n) is 8.09. The van der Waals surface area contributed by atoms with Crippen LogP contribution in [0.25, 0.3) is 0 Å². The van der Waals surface area contributed by atoms with E-state index in [1.165, 1.54) is 6.07 Å². The van der Waals surface area contributed by atoms with Gasteiger partial charge in [-0.3, -0.25) is 4.99 Å². The topological polar surface area (TPSA) is 58.5 Å². The molecule has 2 rings (SSSR count). The first-order valence-corrected chi connectivity index (χ1v) is 8.97. The van der Waals surface area contributed by atoms with Crippen molar-refractivity contribution in [3.63, 3.8) is 0 Å². The monoisotopic (exact) mass is 496 g/mol. The van der Waals surface area contributed by atoms with E-state index >= 15 is 0 Å². The largest absolute Gasteiger partial charge is 0.492 e. The zero-order valence-corrected chi connectivity index (χ0v) is 17.9. The van der Waals surface area contributed by atoms with Crippen molar-refractivity contribution < 1.29 is 13.5 Å². The fourth-order valence-corrected chi connectivity index (χ4v) is 2.70. The molecule has 0 saturated carbocycles. The van der Waals surface area contributed by atoms with E-state index in [1.807, 2.05) is 19.2 Å². The van der Waals surface area contributed by atoms with Crippen molar-refractivity contribution in [1.82, 2.24) is 15.6 Å². The van der Waals surface area contributed by atoms with E-state index in [2.05, 4.69) is 20.6 Å². The van der Waals surface area contributed by atoms with Crippen molar-refractivity contribution in [2.45, 2.75) is 20.3 Å². The summed E-state index contributed by atoms with van der Waals surface area (Å²) in [6.45, 7) is 6.13. The second-order valence-electron chi connectivity index (χ2n) is 5.22. The minimum atomic E-state index is -0.919. The number of guanidine groups is 1. The standard InChI is InChI=1S/C17H22F2N4OS.HI/c1-3-20-17(21-7-6-13-11-25-12(2)23-13)22-8-9-24-14-4-5-15(18)16(19)10-14;/h4-5,10-11H,3,6-9H2,1-2H3,(H2,20,21,22);1H. The molecule has 0 spiro atoms. The van der Waals surface area contributed by atoms with Gasteiger partial charge in [-0.15, -0.1) is 35.3 Å². The van der Waals surface area contributed by atoms with Crippen molar-refractivity contribution >= 4 is 41.3 Å². The van der Waals surface area contributed by atoms with Gasteiger partial charge in [-0.1, -0.05) is 0 Å². The van der Waals surface area contributed by atoms with Crippen LogP contribution in [0.3, 0.4) is 0 Å². The highest BCUT2D eigenvalue weighted by Gasteiger charge is 2.03. The molecule has 0 bridgehead atoms. The van der Waals surface area contributed by atoms with Crippen LogP contribution in [0, 0.1) is 18.6 Å². The Morgan fingerprint density at radius 3 is 2.73 bits per heavy atom. The Morgan fingerprint density at radius 1 is 1.27 bits per heavy atom. The van der Waals surface area contributed by atoms with Gasteiger partial charge >= 0.3 is 0 Å². The van der Waals surface area contributed by atoms with E-state index in [0.717, 1.165) is 35.8 Å². The summed E-state index contributed by atoms with van der Waals surface area (Å²) in [6.07, 6.45) is 0.784. The van der Waals surface area contributed by atoms with Crippen LogP contribution in [0.4, 0.5) is 8.78 Å². The van der Waals surface area contributed by atoms with Crippen molar-refractivity contribution in [2.24, 2.45) is 4.99 Å². The fourth-order valence-electron chi connectivity index (χ4n) is 2.05. The van der Waals surface area contributed by atoms with Crippen LogP contribution in [0.15, 0.2) is 28.6 Å². The Morgan fingerprint density at radius 2 is 2.08 bits per heavy atom. The number of halogens is 3. The third-order valence-electron chi connectivity index (χ3n) is 3.20. The molecule has 1 aromatic carbocycles. The summed E-state index contributed by atoms with van der Waals surface area (Å²) in [5.41, 5.74) is 1.05. The number of rotatable bonds is 8. The average Bonchev–Trinajstić information content (AvgIpc) is 3.00. The second-order valence-corrected chi connectivity index (χ2v) is 6.28. The minimum Gasteiger partial charge on any atom is -0.492 e. The maximum atomic E-state index is 13.1. The molecular formula is C17H23F2IN4OS. The highest BCUT2D eigenvalue weighted by molar-refractivity contribution is 14.0. The first kappa shape index (κ1) is 22.6. The van der Waals surface area contributed by atoms with Crippen molar-refractivity contribution in [2.75, 3.05) is 26.2 Å². The average molecular weight is 496 g/mol. The van der Waals surface area contributed by atoms with Crippen LogP contribution in [0.1, 0.15) is 17.6 Å². The number of aromatic nitrogens is 1. The van der Waals surface area contributed by atoms with E-state index in [9.17, 15) is 8.78 Å². The third kappa shape index (κ3) is 7.81. The number of aliphatic imine (C=N–C) groups is 1. The van der Waals surface area contributed by atoms with Crippen LogP contribution in [0.5, 0.6) is 5.75 Å². The lowest BCUT2D eigenvalue weighted by molar-refractivity contribution is 0.318. The lowest BCUT2D eigenvalue weighted by Gasteiger charge is -2.12. The van der Waals surface area contributed by atoms with Gasteiger partial charge in [0.1, 0.15) is 12.4 Å². The molecule has 0 fully saturated rings. The van der Waals surface area contributed by atoms with E-state index < -0.39 is 11.6 Å². The Balaban J connectivity index is 0.00000338. The molecule has 1 aromatic heterocycles. The summed E-state index contributed by atoms with van der Waals surface area (Å²) in [7, 11) is 0. The van der Waals surface area contributed by atoms with Gasteiger partial charge in [0.2, 0.25) is 0 Å². The molecule has 0 aliphatic rings. The molecule has 9 heteroatoms. The summed E-state index contributed by atoms with van der Waals surface area (Å²) in [5.74, 6) is -0.829. The number of thiazole rings is 1. The molecule has 0 aliphatic heterocycles. The maximum absolute atomic E-state index is 13.1. The molecule has 5 nitrogen and oxygen atoms in total. The minimum absolute atomic E-state index is 0. The molecule has 0 aliphatic carbocycles. The van der Waals surface area contributed by atoms with Gasteiger partial charge in [-0.05, 0) is 26.0 Å². The van der Waals surface area contributed by atoms with Crippen LogP contribution in [-0.4, -0.2) is 37.2 Å². The van der Waals surface area contributed by atoms with E-state index in [-0.39, 0.29) is 24.0 Å². The van der Waals surface area contributed by atoms with Gasteiger partial charge in [0.05, 0.1) is 17.2 Å². The van der Waals surface area contributed by atoms with Gasteiger partial charge < -0.3 is 15.4 Å². The lowest BCUT2D eigenvalue weighted by atomic mass is 10.3. The summed E-state index contributed by atoms with van der Waals surface area (Å²) < 4.78 is 31.3. The zero-order valence-electron chi connectivity index (χ0n) is 14.7. The molecule has 2 aromatic rings. The molecule has 2 N–H and O–H groups in total. The number of aryl methyl sites for hydroxylation is 1. The summed E-state index contributed by atoms with van der Waals surface area (Å²) in [4.78, 5) is 8.89. The van der Waals surface area contributed by atoms with Gasteiger partial charge in [0, 0.05) is 31.0 Å². The van der Waals surface area contributed by atoms with Crippen molar-refractivity contribution in [1.29, 1.82) is 0 Å². The fraction of sp³-hybridized carbons (Fsp3) is 0.412. The van der Waals surface area contributed by atoms with Gasteiger partial charge in [0.25, 0.3) is 0 Å². The number of nitrogens with zero attached hydrogens (tertiary/aromatic N) is 2. The summed E-state index contributed by atoms with van der Waals surface area (Å²) in [5, 5.41) is 9.38. The molecule has 1 heterocycles. The predicted octanol–water partition coefficient (Wildman–Crippen LogP) is 3.52. The summed E-state index contributed by atoms with van der Waals surface area (Å²) in [6, 6.07) is 3.47. The Kier molecular flexibility index (Phi) is 10.4. The normalized spacial score (nSPS) is 11.0. The quantitative estimate of drug-likeness (QED) is 0.254. The smallest absolute Gasteiger partial charge is 0.191 e. The predicted molar refractivity (Wildman–Crippen MR) is 112 cm³/mol. The van der Waals surface area contributed by atoms with E-state index in [4.69, 9.17) is 4.74 Å². The maximum Gasteiger partial charge on any atom is 0.191 e. The Bertz CT molecular complexity index is 712. The number of hydrogen-bond acceptors (Lipinski definition) is 4. The Hall–Kier alpha value is -1.49. The SMILES string of the molecule is CCNC(=NCCc1csc(C)n1)NCCOc1ccc(F)c(F)c1.I. The van der Waals surface area contributed by atoms with Crippen LogP contribution in [0.2, 0.25) is 0 Å². The molecule has 0 saturated heterocycles. The second kappa shape index (κ2) is 12.0. The van der Waals surface area contributed by atoms with Gasteiger partial charge in [-0.2, -0.15) is 0 Å². The summed E-state index contributed by atoms with van der Waals surface area (Å²) >= 11 is 1.63. The van der Waals surface area contributed by atoms with Crippen molar-refractivity contribution in [3.8, 4) is 5.75 Å². The highest BCUT2D eigenvalue weighted by atomic mass is 127. The third-order valence-corrected chi connectivity index (χ3v) is 4.03. The molecular weight excluding hydrogens is 473 g/mol. The molecule has 26 heavy (non-hydrogen) atoms. The first-order chi connectivity index (χ1) is 12.1. The van der Waals surface area contributed by atoms with Gasteiger partial charge in [-0.25, -0.2) is 13.8 Å². The van der Waals surface area contributed by atoms with Gasteiger partial charge in [0.15, 0.2) is 17.6 Å². The molecule has 144 valence electrons. The number of nitrogens with one attached hydrogen (secondary N) is 2. The Labute approximate surface area is 173 Å². The lowest BCUT2D eigenvalue weighted by Crippen LogP contribution is -2.39. The molecule has 0 amide bonds. The number of ether oxygens (including phenoxy) is 1. The van der Waals surface area contributed by atoms with Crippen LogP contribution < -0.4 is 15.4 Å². The molecule has 0 atom stereocenters. The van der Waals surface area contributed by atoms with Crippen LogP contribution >= 0.6 is 35.3 Å².